The number of likely N-dealkylation sites (N-methyl/N-ethyl adjacent to an activating group) is 1. The molecule has 1 saturated heterocycles. The molecule has 0 spiro atoms. The zero-order chi connectivity index (χ0) is 13.7. The van der Waals surface area contributed by atoms with Crippen molar-refractivity contribution in [3.05, 3.63) is 18.5 Å². The second-order valence-electron chi connectivity index (χ2n) is 4.19. The van der Waals surface area contributed by atoms with E-state index in [9.17, 15) is 9.59 Å². The summed E-state index contributed by atoms with van der Waals surface area (Å²) >= 11 is 0. The Balaban J connectivity index is 1.89. The average Bonchev–Trinajstić information content (AvgIpc) is 2.48. The minimum atomic E-state index is -0.535. The van der Waals surface area contributed by atoms with Crippen LogP contribution in [-0.4, -0.2) is 59.4 Å². The summed E-state index contributed by atoms with van der Waals surface area (Å²) in [4.78, 5) is 35.1. The smallest absolute Gasteiger partial charge is 0.312 e. The topological polar surface area (TPSA) is 78.4 Å². The second-order valence-corrected chi connectivity index (χ2v) is 4.19. The summed E-state index contributed by atoms with van der Waals surface area (Å²) in [5.41, 5.74) is 0. The normalized spacial score (nSPS) is 15.2. The van der Waals surface area contributed by atoms with E-state index in [0.717, 1.165) is 0 Å². The lowest BCUT2D eigenvalue weighted by atomic mass is 10.3. The van der Waals surface area contributed by atoms with Crippen molar-refractivity contribution in [3.8, 4) is 0 Å². The summed E-state index contributed by atoms with van der Waals surface area (Å²) in [6.45, 7) is 4.53. The molecule has 0 atom stereocenters. The lowest BCUT2D eigenvalue weighted by Gasteiger charge is -2.34. The van der Waals surface area contributed by atoms with Gasteiger partial charge in [-0.05, 0) is 13.0 Å². The number of piperazine rings is 1. The number of hydrogen-bond donors (Lipinski definition) is 1. The van der Waals surface area contributed by atoms with Crippen molar-refractivity contribution in [3.63, 3.8) is 0 Å². The van der Waals surface area contributed by atoms with Gasteiger partial charge in [-0.15, -0.1) is 0 Å². The number of aromatic nitrogens is 2. The Kier molecular flexibility index (Phi) is 4.27. The zero-order valence-corrected chi connectivity index (χ0v) is 10.9. The predicted molar refractivity (Wildman–Crippen MR) is 69.5 cm³/mol. The van der Waals surface area contributed by atoms with Crippen LogP contribution in [0.1, 0.15) is 6.92 Å². The Hall–Kier alpha value is -2.18. The van der Waals surface area contributed by atoms with Crippen molar-refractivity contribution in [1.29, 1.82) is 0 Å². The fourth-order valence-electron chi connectivity index (χ4n) is 1.94. The monoisotopic (exact) mass is 263 g/mol. The van der Waals surface area contributed by atoms with Crippen molar-refractivity contribution < 1.29 is 9.59 Å². The van der Waals surface area contributed by atoms with Crippen LogP contribution < -0.4 is 10.2 Å². The molecule has 1 aliphatic heterocycles. The highest BCUT2D eigenvalue weighted by atomic mass is 16.2. The van der Waals surface area contributed by atoms with E-state index in [0.29, 0.717) is 38.7 Å². The molecule has 0 bridgehead atoms. The third-order valence-electron chi connectivity index (χ3n) is 2.93. The maximum absolute atomic E-state index is 11.8. The highest BCUT2D eigenvalue weighted by molar-refractivity contribution is 6.35. The third-order valence-corrected chi connectivity index (χ3v) is 2.93. The van der Waals surface area contributed by atoms with E-state index >= 15 is 0 Å². The fourth-order valence-corrected chi connectivity index (χ4v) is 1.94. The second kappa shape index (κ2) is 6.12. The first-order chi connectivity index (χ1) is 9.22. The van der Waals surface area contributed by atoms with E-state index in [4.69, 9.17) is 0 Å². The largest absolute Gasteiger partial charge is 0.348 e. The van der Waals surface area contributed by atoms with Crippen LogP contribution in [0.3, 0.4) is 0 Å². The van der Waals surface area contributed by atoms with Gasteiger partial charge in [-0.1, -0.05) is 0 Å². The summed E-state index contributed by atoms with van der Waals surface area (Å²) in [5.74, 6) is -0.338. The molecule has 19 heavy (non-hydrogen) atoms. The molecule has 2 amide bonds. The van der Waals surface area contributed by atoms with Gasteiger partial charge in [0.15, 0.2) is 0 Å². The molecular formula is C12H17N5O2. The lowest BCUT2D eigenvalue weighted by Crippen LogP contribution is -2.53. The van der Waals surface area contributed by atoms with Gasteiger partial charge in [-0.2, -0.15) is 0 Å². The molecule has 1 aromatic rings. The molecule has 2 heterocycles. The van der Waals surface area contributed by atoms with Crippen molar-refractivity contribution >= 4 is 17.8 Å². The molecular weight excluding hydrogens is 246 g/mol. The summed E-state index contributed by atoms with van der Waals surface area (Å²) in [6, 6.07) is 1.76. The van der Waals surface area contributed by atoms with Gasteiger partial charge >= 0.3 is 11.8 Å². The van der Waals surface area contributed by atoms with Crippen LogP contribution in [0.15, 0.2) is 18.5 Å². The standard InChI is InChI=1S/C12H17N5O2/c1-2-13-10(18)11(19)16-6-8-17(9-7-16)12-14-4-3-5-15-12/h3-5H,2,6-9H2,1H3,(H,13,18). The predicted octanol–water partition coefficient (Wildman–Crippen LogP) is -0.739. The number of amides is 2. The molecule has 1 aliphatic rings. The first-order valence-corrected chi connectivity index (χ1v) is 6.31. The number of hydrogen-bond acceptors (Lipinski definition) is 5. The highest BCUT2D eigenvalue weighted by Crippen LogP contribution is 2.09. The third kappa shape index (κ3) is 3.18. The molecule has 7 nitrogen and oxygen atoms in total. The van der Waals surface area contributed by atoms with Crippen molar-refractivity contribution in [2.75, 3.05) is 37.6 Å². The van der Waals surface area contributed by atoms with Gasteiger partial charge in [0.1, 0.15) is 0 Å². The van der Waals surface area contributed by atoms with E-state index in [-0.39, 0.29) is 0 Å². The van der Waals surface area contributed by atoms with Crippen molar-refractivity contribution in [2.24, 2.45) is 0 Å². The number of anilines is 1. The Morgan fingerprint density at radius 3 is 2.42 bits per heavy atom. The van der Waals surface area contributed by atoms with Crippen molar-refractivity contribution in [1.82, 2.24) is 20.2 Å². The molecule has 102 valence electrons. The minimum Gasteiger partial charge on any atom is -0.348 e. The van der Waals surface area contributed by atoms with Crippen LogP contribution in [0.4, 0.5) is 5.95 Å². The molecule has 1 N–H and O–H groups in total. The van der Waals surface area contributed by atoms with Gasteiger partial charge in [0, 0.05) is 45.1 Å². The number of carbonyl (C=O) groups is 2. The maximum atomic E-state index is 11.8. The van der Waals surface area contributed by atoms with Crippen LogP contribution >= 0.6 is 0 Å². The average molecular weight is 263 g/mol. The van der Waals surface area contributed by atoms with E-state index in [2.05, 4.69) is 15.3 Å². The fraction of sp³-hybridized carbons (Fsp3) is 0.500. The first kappa shape index (κ1) is 13.3. The zero-order valence-electron chi connectivity index (χ0n) is 10.9. The lowest BCUT2D eigenvalue weighted by molar-refractivity contribution is -0.146. The Labute approximate surface area is 111 Å². The van der Waals surface area contributed by atoms with Crippen molar-refractivity contribution in [2.45, 2.75) is 6.92 Å². The van der Waals surface area contributed by atoms with Gasteiger partial charge in [-0.25, -0.2) is 9.97 Å². The molecule has 0 aliphatic carbocycles. The molecule has 0 unspecified atom stereocenters. The summed E-state index contributed by atoms with van der Waals surface area (Å²) < 4.78 is 0. The van der Waals surface area contributed by atoms with Crippen LogP contribution in [-0.2, 0) is 9.59 Å². The van der Waals surface area contributed by atoms with Crippen LogP contribution in [0, 0.1) is 0 Å². The summed E-state index contributed by atoms with van der Waals surface area (Å²) in [7, 11) is 0. The SMILES string of the molecule is CCNC(=O)C(=O)N1CCN(c2ncccn2)CC1. The van der Waals surface area contributed by atoms with Crippen LogP contribution in [0.25, 0.3) is 0 Å². The molecule has 1 aromatic heterocycles. The summed E-state index contributed by atoms with van der Waals surface area (Å²) in [6.07, 6.45) is 3.38. The highest BCUT2D eigenvalue weighted by Gasteiger charge is 2.26. The van der Waals surface area contributed by atoms with Crippen LogP contribution in [0.5, 0.6) is 0 Å². The van der Waals surface area contributed by atoms with Gasteiger partial charge in [0.25, 0.3) is 0 Å². The number of nitrogens with zero attached hydrogens (tertiary/aromatic N) is 4. The molecule has 0 radical (unpaired) electrons. The number of nitrogens with one attached hydrogen (secondary N) is 1. The maximum Gasteiger partial charge on any atom is 0.312 e. The van der Waals surface area contributed by atoms with Gasteiger partial charge in [0.05, 0.1) is 0 Å². The molecule has 2 rings (SSSR count). The Bertz CT molecular complexity index is 443. The first-order valence-electron chi connectivity index (χ1n) is 6.31. The molecule has 0 saturated carbocycles. The van der Waals surface area contributed by atoms with E-state index in [1.165, 1.54) is 0 Å². The molecule has 7 heteroatoms. The van der Waals surface area contributed by atoms with Crippen LogP contribution in [0.2, 0.25) is 0 Å². The van der Waals surface area contributed by atoms with E-state index < -0.39 is 11.8 Å². The number of rotatable bonds is 2. The minimum absolute atomic E-state index is 0.461. The van der Waals surface area contributed by atoms with E-state index in [1.54, 1.807) is 30.3 Å². The molecule has 1 fully saturated rings. The number of carbonyl (C=O) groups excluding carboxylic acids is 2. The van der Waals surface area contributed by atoms with E-state index in [1.807, 2.05) is 4.90 Å². The van der Waals surface area contributed by atoms with Gasteiger partial charge < -0.3 is 15.1 Å². The van der Waals surface area contributed by atoms with Gasteiger partial charge in [-0.3, -0.25) is 9.59 Å². The Morgan fingerprint density at radius 2 is 1.84 bits per heavy atom. The van der Waals surface area contributed by atoms with Gasteiger partial charge in [0.2, 0.25) is 5.95 Å². The quantitative estimate of drug-likeness (QED) is 0.711. The molecule has 0 aromatic carbocycles. The summed E-state index contributed by atoms with van der Waals surface area (Å²) in [5, 5.41) is 2.52. The Morgan fingerprint density at radius 1 is 1.21 bits per heavy atom.